The summed E-state index contributed by atoms with van der Waals surface area (Å²) < 4.78 is 65.2. The fourth-order valence-corrected chi connectivity index (χ4v) is 4.99. The van der Waals surface area contributed by atoms with Gasteiger partial charge in [-0.2, -0.15) is 17.5 Å². The van der Waals surface area contributed by atoms with Crippen LogP contribution in [0.2, 0.25) is 0 Å². The van der Waals surface area contributed by atoms with Crippen molar-refractivity contribution in [3.63, 3.8) is 0 Å². The molecule has 2 saturated heterocycles. The first kappa shape index (κ1) is 17.2. The summed E-state index contributed by atoms with van der Waals surface area (Å²) in [7, 11) is -4.18. The molecule has 1 aromatic carbocycles. The SMILES string of the molecule is C[C@H]1C(=O)N2CCC[C@@H]2CN1S(=O)(=O)c1cccc(C(F)(F)F)c1. The van der Waals surface area contributed by atoms with E-state index in [-0.39, 0.29) is 18.5 Å². The van der Waals surface area contributed by atoms with E-state index in [0.717, 1.165) is 28.9 Å². The quantitative estimate of drug-likeness (QED) is 0.810. The average molecular weight is 362 g/mol. The van der Waals surface area contributed by atoms with Crippen LogP contribution in [-0.4, -0.2) is 48.7 Å². The summed E-state index contributed by atoms with van der Waals surface area (Å²) >= 11 is 0. The molecule has 2 heterocycles. The molecule has 0 saturated carbocycles. The molecule has 2 atom stereocenters. The van der Waals surface area contributed by atoms with Gasteiger partial charge in [-0.25, -0.2) is 8.42 Å². The van der Waals surface area contributed by atoms with Crippen LogP contribution in [0.3, 0.4) is 0 Å². The number of sulfonamides is 1. The summed E-state index contributed by atoms with van der Waals surface area (Å²) in [6.07, 6.45) is -3.12. The van der Waals surface area contributed by atoms with E-state index in [0.29, 0.717) is 19.0 Å². The number of alkyl halides is 3. The van der Waals surface area contributed by atoms with Crippen molar-refractivity contribution in [2.24, 2.45) is 0 Å². The molecule has 2 aliphatic heterocycles. The van der Waals surface area contributed by atoms with Gasteiger partial charge in [-0.1, -0.05) is 6.07 Å². The van der Waals surface area contributed by atoms with Gasteiger partial charge in [0, 0.05) is 19.1 Å². The number of amides is 1. The summed E-state index contributed by atoms with van der Waals surface area (Å²) in [6.45, 7) is 2.19. The first-order valence-corrected chi connectivity index (χ1v) is 9.06. The topological polar surface area (TPSA) is 57.7 Å². The fraction of sp³-hybridized carbons (Fsp3) is 0.533. The van der Waals surface area contributed by atoms with Crippen molar-refractivity contribution in [3.05, 3.63) is 29.8 Å². The Hall–Kier alpha value is -1.61. The number of carbonyl (C=O) groups is 1. The number of carbonyl (C=O) groups excluding carboxylic acids is 1. The molecule has 132 valence electrons. The zero-order chi connectivity index (χ0) is 17.7. The third-order valence-corrected chi connectivity index (χ3v) is 6.54. The van der Waals surface area contributed by atoms with Crippen molar-refractivity contribution in [1.82, 2.24) is 9.21 Å². The number of benzene rings is 1. The molecule has 1 aromatic rings. The van der Waals surface area contributed by atoms with Gasteiger partial charge in [0.2, 0.25) is 15.9 Å². The van der Waals surface area contributed by atoms with Crippen LogP contribution in [0.4, 0.5) is 13.2 Å². The Labute approximate surface area is 138 Å². The fourth-order valence-electron chi connectivity index (χ4n) is 3.32. The Bertz CT molecular complexity index is 763. The summed E-state index contributed by atoms with van der Waals surface area (Å²) in [4.78, 5) is 13.6. The van der Waals surface area contributed by atoms with Crippen molar-refractivity contribution >= 4 is 15.9 Å². The standard InChI is InChI=1S/C15H17F3N2O3S/c1-10-14(21)19-7-3-5-12(19)9-20(10)24(22,23)13-6-2-4-11(8-13)15(16,17)18/h2,4,6,8,10,12H,3,5,7,9H2,1H3/t10-,12+/m0/s1. The zero-order valence-electron chi connectivity index (χ0n) is 13.0. The molecule has 5 nitrogen and oxygen atoms in total. The zero-order valence-corrected chi connectivity index (χ0v) is 13.8. The number of nitrogens with zero attached hydrogens (tertiary/aromatic N) is 2. The van der Waals surface area contributed by atoms with Gasteiger partial charge < -0.3 is 4.90 Å². The Kier molecular flexibility index (Phi) is 4.11. The average Bonchev–Trinajstić information content (AvgIpc) is 2.98. The Morgan fingerprint density at radius 2 is 1.96 bits per heavy atom. The van der Waals surface area contributed by atoms with Crippen LogP contribution in [-0.2, 0) is 21.0 Å². The lowest BCUT2D eigenvalue weighted by Crippen LogP contribution is -2.59. The van der Waals surface area contributed by atoms with Crippen LogP contribution in [0, 0.1) is 0 Å². The predicted molar refractivity (Wildman–Crippen MR) is 79.5 cm³/mol. The molecular weight excluding hydrogens is 345 g/mol. The molecular formula is C15H17F3N2O3S. The van der Waals surface area contributed by atoms with E-state index >= 15 is 0 Å². The highest BCUT2D eigenvalue weighted by Crippen LogP contribution is 2.33. The van der Waals surface area contributed by atoms with Crippen molar-refractivity contribution in [2.75, 3.05) is 13.1 Å². The number of piperazine rings is 1. The van der Waals surface area contributed by atoms with Gasteiger partial charge in [0.05, 0.1) is 10.5 Å². The van der Waals surface area contributed by atoms with Crippen LogP contribution in [0.15, 0.2) is 29.2 Å². The van der Waals surface area contributed by atoms with Crippen LogP contribution in [0.5, 0.6) is 0 Å². The molecule has 24 heavy (non-hydrogen) atoms. The van der Waals surface area contributed by atoms with E-state index in [1.165, 1.54) is 6.92 Å². The maximum atomic E-state index is 12.8. The van der Waals surface area contributed by atoms with Gasteiger partial charge in [-0.3, -0.25) is 4.79 Å². The summed E-state index contributed by atoms with van der Waals surface area (Å²) in [6, 6.07) is 2.51. The lowest BCUT2D eigenvalue weighted by Gasteiger charge is -2.40. The molecule has 2 fully saturated rings. The van der Waals surface area contributed by atoms with E-state index in [4.69, 9.17) is 0 Å². The molecule has 0 radical (unpaired) electrons. The van der Waals surface area contributed by atoms with Crippen molar-refractivity contribution < 1.29 is 26.4 Å². The minimum absolute atomic E-state index is 0.117. The Morgan fingerprint density at radius 1 is 1.25 bits per heavy atom. The maximum Gasteiger partial charge on any atom is 0.416 e. The second kappa shape index (κ2) is 5.73. The van der Waals surface area contributed by atoms with Crippen LogP contribution < -0.4 is 0 Å². The van der Waals surface area contributed by atoms with E-state index in [1.807, 2.05) is 0 Å². The minimum Gasteiger partial charge on any atom is -0.337 e. The first-order chi connectivity index (χ1) is 11.1. The van der Waals surface area contributed by atoms with Gasteiger partial charge in [0.1, 0.15) is 6.04 Å². The first-order valence-electron chi connectivity index (χ1n) is 7.62. The summed E-state index contributed by atoms with van der Waals surface area (Å²) in [5.41, 5.74) is -1.03. The van der Waals surface area contributed by atoms with Gasteiger partial charge in [0.25, 0.3) is 0 Å². The normalized spacial score (nSPS) is 25.8. The summed E-state index contributed by atoms with van der Waals surface area (Å²) in [5, 5.41) is 0. The molecule has 2 aliphatic rings. The molecule has 9 heteroatoms. The largest absolute Gasteiger partial charge is 0.416 e. The number of hydrogen-bond acceptors (Lipinski definition) is 3. The smallest absolute Gasteiger partial charge is 0.337 e. The van der Waals surface area contributed by atoms with E-state index in [9.17, 15) is 26.4 Å². The Morgan fingerprint density at radius 3 is 2.62 bits per heavy atom. The van der Waals surface area contributed by atoms with Gasteiger partial charge in [-0.05, 0) is 38.0 Å². The third kappa shape index (κ3) is 2.79. The van der Waals surface area contributed by atoms with Crippen molar-refractivity contribution in [2.45, 2.75) is 42.9 Å². The van der Waals surface area contributed by atoms with Crippen LogP contribution in [0.1, 0.15) is 25.3 Å². The van der Waals surface area contributed by atoms with Gasteiger partial charge >= 0.3 is 6.18 Å². The van der Waals surface area contributed by atoms with E-state index < -0.39 is 32.7 Å². The molecule has 0 aromatic heterocycles. The Balaban J connectivity index is 1.97. The lowest BCUT2D eigenvalue weighted by molar-refractivity contribution is -0.140. The maximum absolute atomic E-state index is 12.8. The lowest BCUT2D eigenvalue weighted by atomic mass is 10.1. The molecule has 0 aliphatic carbocycles. The number of fused-ring (bicyclic) bond motifs is 1. The third-order valence-electron chi connectivity index (χ3n) is 4.61. The highest BCUT2D eigenvalue weighted by molar-refractivity contribution is 7.89. The second-order valence-electron chi connectivity index (χ2n) is 6.10. The van der Waals surface area contributed by atoms with Gasteiger partial charge in [0.15, 0.2) is 0 Å². The predicted octanol–water partition coefficient (Wildman–Crippen LogP) is 2.09. The number of hydrogen-bond donors (Lipinski definition) is 0. The van der Waals surface area contributed by atoms with Crippen molar-refractivity contribution in [3.8, 4) is 0 Å². The monoisotopic (exact) mass is 362 g/mol. The van der Waals surface area contributed by atoms with Crippen LogP contribution in [0.25, 0.3) is 0 Å². The summed E-state index contributed by atoms with van der Waals surface area (Å²) in [5.74, 6) is -0.292. The molecule has 0 N–H and O–H groups in total. The second-order valence-corrected chi connectivity index (χ2v) is 7.99. The van der Waals surface area contributed by atoms with Crippen molar-refractivity contribution in [1.29, 1.82) is 0 Å². The van der Waals surface area contributed by atoms with Gasteiger partial charge in [-0.15, -0.1) is 0 Å². The van der Waals surface area contributed by atoms with Crippen LogP contribution >= 0.6 is 0 Å². The highest BCUT2D eigenvalue weighted by Gasteiger charge is 2.45. The molecule has 0 bridgehead atoms. The minimum atomic E-state index is -4.63. The number of halogens is 3. The molecule has 3 rings (SSSR count). The molecule has 0 spiro atoms. The highest BCUT2D eigenvalue weighted by atomic mass is 32.2. The van der Waals surface area contributed by atoms with E-state index in [1.54, 1.807) is 4.90 Å². The number of rotatable bonds is 2. The van der Waals surface area contributed by atoms with E-state index in [2.05, 4.69) is 0 Å². The molecule has 1 amide bonds. The molecule has 0 unspecified atom stereocenters.